The number of methoxy groups -OCH3 is 1. The molecule has 0 saturated heterocycles. The molecule has 0 saturated carbocycles. The number of pyridine rings is 1. The Hall–Kier alpha value is -2.31. The van der Waals surface area contributed by atoms with Gasteiger partial charge in [-0.25, -0.2) is 4.79 Å². The van der Waals surface area contributed by atoms with Gasteiger partial charge in [0.1, 0.15) is 11.3 Å². The Bertz CT molecular complexity index is 994. The van der Waals surface area contributed by atoms with E-state index in [2.05, 4.69) is 26.2 Å². The first-order chi connectivity index (χ1) is 13.0. The van der Waals surface area contributed by atoms with Crippen molar-refractivity contribution in [3.63, 3.8) is 0 Å². The quantitative estimate of drug-likeness (QED) is 0.507. The zero-order chi connectivity index (χ0) is 19.4. The maximum atomic E-state index is 12.4. The number of aromatic nitrogens is 1. The van der Waals surface area contributed by atoms with Crippen LogP contribution in [0.5, 0.6) is 5.75 Å². The normalized spacial score (nSPS) is 10.7. The number of hydrogen-bond donors (Lipinski definition) is 1. The van der Waals surface area contributed by atoms with Gasteiger partial charge in [0.15, 0.2) is 0 Å². The van der Waals surface area contributed by atoms with Gasteiger partial charge in [-0.3, -0.25) is 4.98 Å². The number of benzene rings is 2. The molecule has 0 aliphatic heterocycles. The van der Waals surface area contributed by atoms with Crippen LogP contribution in [0.15, 0.2) is 47.1 Å². The zero-order valence-electron chi connectivity index (χ0n) is 14.9. The Balaban J connectivity index is 1.99. The minimum Gasteiger partial charge on any atom is -0.495 e. The van der Waals surface area contributed by atoms with Crippen molar-refractivity contribution in [2.24, 2.45) is 0 Å². The van der Waals surface area contributed by atoms with Crippen molar-refractivity contribution in [3.05, 3.63) is 63.2 Å². The number of hydrogen-bond acceptors (Lipinski definition) is 5. The number of nitrogens with zero attached hydrogens (tertiary/aromatic N) is 1. The summed E-state index contributed by atoms with van der Waals surface area (Å²) in [6.07, 6.45) is 1.54. The zero-order valence-corrected chi connectivity index (χ0v) is 17.2. The smallest absolute Gasteiger partial charge is 0.341 e. The second-order valence-electron chi connectivity index (χ2n) is 5.75. The van der Waals surface area contributed by atoms with Gasteiger partial charge >= 0.3 is 5.97 Å². The van der Waals surface area contributed by atoms with Gasteiger partial charge in [-0.2, -0.15) is 0 Å². The van der Waals surface area contributed by atoms with E-state index in [4.69, 9.17) is 21.1 Å². The lowest BCUT2D eigenvalue weighted by Crippen LogP contribution is -2.11. The summed E-state index contributed by atoms with van der Waals surface area (Å²) in [6.45, 7) is 2.54. The summed E-state index contributed by atoms with van der Waals surface area (Å²) in [5, 5.41) is 4.70. The maximum absolute atomic E-state index is 12.4. The molecule has 0 radical (unpaired) electrons. The molecule has 0 aliphatic carbocycles. The van der Waals surface area contributed by atoms with E-state index in [1.54, 1.807) is 14.0 Å². The Labute approximate surface area is 170 Å². The second kappa shape index (κ2) is 8.59. The molecular weight excluding hydrogens is 432 g/mol. The molecule has 0 aliphatic rings. The van der Waals surface area contributed by atoms with E-state index in [1.807, 2.05) is 36.4 Å². The van der Waals surface area contributed by atoms with Crippen LogP contribution in [0.2, 0.25) is 5.02 Å². The highest BCUT2D eigenvalue weighted by Gasteiger charge is 2.17. The maximum Gasteiger partial charge on any atom is 0.341 e. The Morgan fingerprint density at radius 2 is 2.07 bits per heavy atom. The number of esters is 1. The molecule has 0 fully saturated rings. The fourth-order valence-corrected chi connectivity index (χ4v) is 3.37. The van der Waals surface area contributed by atoms with E-state index in [9.17, 15) is 4.79 Å². The predicted molar refractivity (Wildman–Crippen MR) is 111 cm³/mol. The summed E-state index contributed by atoms with van der Waals surface area (Å²) in [4.78, 5) is 16.8. The van der Waals surface area contributed by atoms with Crippen LogP contribution in [-0.4, -0.2) is 24.7 Å². The number of ether oxygens (including phenoxy) is 2. The van der Waals surface area contributed by atoms with Gasteiger partial charge in [0.2, 0.25) is 0 Å². The molecule has 2 aromatic carbocycles. The number of carbonyl (C=O) groups is 1. The minimum atomic E-state index is -0.415. The van der Waals surface area contributed by atoms with Crippen LogP contribution in [0.25, 0.3) is 10.9 Å². The molecular formula is C20H18BrClN2O3. The van der Waals surface area contributed by atoms with Crippen molar-refractivity contribution in [1.82, 2.24) is 4.98 Å². The van der Waals surface area contributed by atoms with Crippen molar-refractivity contribution in [2.75, 3.05) is 19.0 Å². The summed E-state index contributed by atoms with van der Waals surface area (Å²) in [5.74, 6) is 0.202. The molecule has 0 amide bonds. The third-order valence-corrected chi connectivity index (χ3v) is 4.80. The topological polar surface area (TPSA) is 60.5 Å². The summed E-state index contributed by atoms with van der Waals surface area (Å²) >= 11 is 9.68. The van der Waals surface area contributed by atoms with Crippen LogP contribution in [-0.2, 0) is 11.3 Å². The van der Waals surface area contributed by atoms with Gasteiger partial charge in [0.25, 0.3) is 0 Å². The highest BCUT2D eigenvalue weighted by atomic mass is 79.9. The molecule has 3 aromatic rings. The SMILES string of the molecule is CCOC(=O)c1cnc2ccc(Br)cc2c1NCc1ccc(OC)c(Cl)c1. The molecule has 27 heavy (non-hydrogen) atoms. The van der Waals surface area contributed by atoms with Crippen molar-refractivity contribution in [2.45, 2.75) is 13.5 Å². The lowest BCUT2D eigenvalue weighted by atomic mass is 10.1. The van der Waals surface area contributed by atoms with Gasteiger partial charge in [-0.15, -0.1) is 0 Å². The van der Waals surface area contributed by atoms with E-state index < -0.39 is 5.97 Å². The van der Waals surface area contributed by atoms with Gasteiger partial charge < -0.3 is 14.8 Å². The highest BCUT2D eigenvalue weighted by Crippen LogP contribution is 2.30. The molecule has 1 aromatic heterocycles. The van der Waals surface area contributed by atoms with Crippen molar-refractivity contribution in [3.8, 4) is 5.75 Å². The van der Waals surface area contributed by atoms with E-state index in [0.29, 0.717) is 35.2 Å². The molecule has 0 bridgehead atoms. The van der Waals surface area contributed by atoms with E-state index in [0.717, 1.165) is 20.9 Å². The van der Waals surface area contributed by atoms with Crippen LogP contribution in [0.3, 0.4) is 0 Å². The number of anilines is 1. The van der Waals surface area contributed by atoms with Crippen LogP contribution < -0.4 is 10.1 Å². The Morgan fingerprint density at radius 1 is 1.26 bits per heavy atom. The summed E-state index contributed by atoms with van der Waals surface area (Å²) in [7, 11) is 1.58. The molecule has 0 spiro atoms. The third-order valence-electron chi connectivity index (χ3n) is 4.01. The molecule has 0 unspecified atom stereocenters. The fourth-order valence-electron chi connectivity index (χ4n) is 2.73. The molecule has 3 rings (SSSR count). The van der Waals surface area contributed by atoms with Crippen LogP contribution >= 0.6 is 27.5 Å². The number of fused-ring (bicyclic) bond motifs is 1. The molecule has 7 heteroatoms. The number of nitrogens with one attached hydrogen (secondary N) is 1. The summed E-state index contributed by atoms with van der Waals surface area (Å²) in [5.41, 5.74) is 2.80. The lowest BCUT2D eigenvalue weighted by molar-refractivity contribution is 0.0527. The monoisotopic (exact) mass is 448 g/mol. The van der Waals surface area contributed by atoms with Crippen LogP contribution in [0.4, 0.5) is 5.69 Å². The van der Waals surface area contributed by atoms with Crippen molar-refractivity contribution < 1.29 is 14.3 Å². The summed E-state index contributed by atoms with van der Waals surface area (Å²) in [6, 6.07) is 11.3. The fraction of sp³-hybridized carbons (Fsp3) is 0.200. The minimum absolute atomic E-state index is 0.295. The van der Waals surface area contributed by atoms with Crippen molar-refractivity contribution in [1.29, 1.82) is 0 Å². The first kappa shape index (κ1) is 19.5. The van der Waals surface area contributed by atoms with Crippen LogP contribution in [0.1, 0.15) is 22.8 Å². The molecule has 1 N–H and O–H groups in total. The van der Waals surface area contributed by atoms with Gasteiger partial charge in [-0.1, -0.05) is 33.6 Å². The molecule has 5 nitrogen and oxygen atoms in total. The molecule has 0 atom stereocenters. The van der Waals surface area contributed by atoms with E-state index >= 15 is 0 Å². The van der Waals surface area contributed by atoms with E-state index in [1.165, 1.54) is 6.20 Å². The van der Waals surface area contributed by atoms with Gasteiger partial charge in [0.05, 0.1) is 29.9 Å². The Morgan fingerprint density at radius 3 is 2.78 bits per heavy atom. The lowest BCUT2D eigenvalue weighted by Gasteiger charge is -2.15. The standard InChI is InChI=1S/C20H18BrClN2O3/c1-3-27-20(25)15-11-23-17-6-5-13(21)9-14(17)19(15)24-10-12-4-7-18(26-2)16(22)8-12/h4-9,11H,3,10H2,1-2H3,(H,23,24). The number of rotatable bonds is 6. The first-order valence-corrected chi connectivity index (χ1v) is 9.52. The predicted octanol–water partition coefficient (Wildman–Crippen LogP) is 5.45. The first-order valence-electron chi connectivity index (χ1n) is 8.35. The largest absolute Gasteiger partial charge is 0.495 e. The van der Waals surface area contributed by atoms with Gasteiger partial charge in [-0.05, 0) is 42.8 Å². The van der Waals surface area contributed by atoms with E-state index in [-0.39, 0.29) is 0 Å². The second-order valence-corrected chi connectivity index (χ2v) is 7.07. The summed E-state index contributed by atoms with van der Waals surface area (Å²) < 4.78 is 11.3. The third kappa shape index (κ3) is 4.34. The average molecular weight is 450 g/mol. The highest BCUT2D eigenvalue weighted by molar-refractivity contribution is 9.10. The van der Waals surface area contributed by atoms with Gasteiger partial charge in [0, 0.05) is 22.6 Å². The van der Waals surface area contributed by atoms with Crippen LogP contribution in [0, 0.1) is 0 Å². The number of halogens is 2. The Kier molecular flexibility index (Phi) is 6.19. The molecule has 140 valence electrons. The molecule has 1 heterocycles. The number of carbonyl (C=O) groups excluding carboxylic acids is 1. The van der Waals surface area contributed by atoms with Crippen molar-refractivity contribution >= 4 is 50.1 Å². The average Bonchev–Trinajstić information content (AvgIpc) is 2.66.